The van der Waals surface area contributed by atoms with E-state index in [2.05, 4.69) is 25.3 Å². The fraction of sp³-hybridized carbons (Fsp3) is 0.267. The first-order valence-electron chi connectivity index (χ1n) is 6.87. The van der Waals surface area contributed by atoms with Crippen molar-refractivity contribution < 1.29 is 4.63 Å². The Morgan fingerprint density at radius 1 is 1.27 bits per heavy atom. The number of aromatic nitrogens is 4. The van der Waals surface area contributed by atoms with Gasteiger partial charge in [0.1, 0.15) is 5.69 Å². The Balaban J connectivity index is 2.14. The van der Waals surface area contributed by atoms with Crippen LogP contribution >= 0.6 is 0 Å². The van der Waals surface area contributed by atoms with Crippen LogP contribution in [0.15, 0.2) is 34.0 Å². The first-order valence-corrected chi connectivity index (χ1v) is 6.87. The summed E-state index contributed by atoms with van der Waals surface area (Å²) in [6, 6.07) is 5.83. The van der Waals surface area contributed by atoms with Crippen LogP contribution in [0.5, 0.6) is 0 Å². The van der Waals surface area contributed by atoms with Crippen LogP contribution in [0.25, 0.3) is 11.2 Å². The van der Waals surface area contributed by atoms with E-state index in [4.69, 9.17) is 4.63 Å². The van der Waals surface area contributed by atoms with Crippen molar-refractivity contribution in [2.24, 2.45) is 4.99 Å². The summed E-state index contributed by atoms with van der Waals surface area (Å²) in [5.41, 5.74) is 4.52. The monoisotopic (exact) mass is 296 g/mol. The predicted octanol–water partition coefficient (Wildman–Crippen LogP) is 2.13. The van der Waals surface area contributed by atoms with Crippen molar-refractivity contribution in [3.63, 3.8) is 0 Å². The van der Waals surface area contributed by atoms with E-state index in [0.29, 0.717) is 17.6 Å². The van der Waals surface area contributed by atoms with Gasteiger partial charge in [-0.15, -0.1) is 0 Å². The maximum atomic E-state index is 4.81. The van der Waals surface area contributed by atoms with Crippen molar-refractivity contribution in [1.82, 2.24) is 25.2 Å². The molecule has 3 aromatic heterocycles. The molecule has 22 heavy (non-hydrogen) atoms. The molecule has 0 N–H and O–H groups in total. The molecule has 0 aromatic carbocycles. The molecule has 7 heteroatoms. The number of nitrogens with zero attached hydrogens (tertiary/aromatic N) is 6. The fourth-order valence-corrected chi connectivity index (χ4v) is 2.15. The minimum atomic E-state index is 0.466. The summed E-state index contributed by atoms with van der Waals surface area (Å²) >= 11 is 0. The molecule has 3 heterocycles. The molecular formula is C15H16N6O. The van der Waals surface area contributed by atoms with Gasteiger partial charge in [-0.25, -0.2) is 14.6 Å². The number of aliphatic imine (C=N–C) groups is 1. The molecule has 7 nitrogen and oxygen atoms in total. The molecule has 0 saturated carbocycles. The predicted molar refractivity (Wildman–Crippen MR) is 83.2 cm³/mol. The Bertz CT molecular complexity index is 810. The lowest BCUT2D eigenvalue weighted by molar-refractivity contribution is 0.315. The second-order valence-electron chi connectivity index (χ2n) is 5.17. The molecule has 0 spiro atoms. The molecule has 0 atom stereocenters. The lowest BCUT2D eigenvalue weighted by Crippen LogP contribution is -2.07. The number of fused-ring (bicyclic) bond motifs is 1. The Kier molecular flexibility index (Phi) is 3.78. The van der Waals surface area contributed by atoms with Crippen LogP contribution in [0.2, 0.25) is 0 Å². The highest BCUT2D eigenvalue weighted by Crippen LogP contribution is 2.30. The van der Waals surface area contributed by atoms with E-state index in [9.17, 15) is 0 Å². The van der Waals surface area contributed by atoms with Gasteiger partial charge in [0, 0.05) is 43.7 Å². The summed E-state index contributed by atoms with van der Waals surface area (Å²) in [5, 5.41) is 7.75. The maximum absolute atomic E-state index is 4.81. The van der Waals surface area contributed by atoms with Crippen molar-refractivity contribution in [3.05, 3.63) is 41.3 Å². The van der Waals surface area contributed by atoms with Crippen molar-refractivity contribution in [2.45, 2.75) is 13.3 Å². The molecule has 0 unspecified atom stereocenters. The van der Waals surface area contributed by atoms with Gasteiger partial charge in [0.2, 0.25) is 5.65 Å². The highest BCUT2D eigenvalue weighted by Gasteiger charge is 2.17. The molecule has 0 fully saturated rings. The zero-order valence-corrected chi connectivity index (χ0v) is 12.7. The summed E-state index contributed by atoms with van der Waals surface area (Å²) in [6.07, 6.45) is 4.13. The molecule has 3 rings (SSSR count). The van der Waals surface area contributed by atoms with E-state index >= 15 is 0 Å². The molecule has 0 aliphatic rings. The van der Waals surface area contributed by atoms with Crippen LogP contribution in [0.1, 0.15) is 17.0 Å². The Morgan fingerprint density at radius 2 is 2.14 bits per heavy atom. The van der Waals surface area contributed by atoms with Gasteiger partial charge in [0.05, 0.1) is 6.34 Å². The third-order valence-electron chi connectivity index (χ3n) is 3.19. The Hall–Kier alpha value is -2.83. The quantitative estimate of drug-likeness (QED) is 0.542. The molecule has 0 radical (unpaired) electrons. The van der Waals surface area contributed by atoms with Crippen molar-refractivity contribution in [3.8, 4) is 0 Å². The number of hydrogen-bond donors (Lipinski definition) is 0. The van der Waals surface area contributed by atoms with Gasteiger partial charge in [-0.2, -0.15) is 0 Å². The summed E-state index contributed by atoms with van der Waals surface area (Å²) in [5.74, 6) is 0. The summed E-state index contributed by atoms with van der Waals surface area (Å²) < 4.78 is 4.81. The molecule has 0 bridgehead atoms. The SMILES string of the molecule is Cc1nc2nonc2c(N=CN(C)C)c1Cc1ccccn1. The first kappa shape index (κ1) is 14.1. The van der Waals surface area contributed by atoms with E-state index in [1.165, 1.54) is 0 Å². The number of hydrogen-bond acceptors (Lipinski definition) is 6. The Morgan fingerprint density at radius 3 is 2.86 bits per heavy atom. The van der Waals surface area contributed by atoms with Crippen molar-refractivity contribution in [2.75, 3.05) is 14.1 Å². The maximum Gasteiger partial charge on any atom is 0.226 e. The van der Waals surface area contributed by atoms with Gasteiger partial charge in [-0.05, 0) is 29.4 Å². The van der Waals surface area contributed by atoms with Gasteiger partial charge in [-0.3, -0.25) is 4.98 Å². The molecule has 0 saturated heterocycles. The third kappa shape index (κ3) is 2.78. The lowest BCUT2D eigenvalue weighted by atomic mass is 10.1. The molecule has 0 aliphatic heterocycles. The van der Waals surface area contributed by atoms with Gasteiger partial charge in [0.25, 0.3) is 0 Å². The fourth-order valence-electron chi connectivity index (χ4n) is 2.15. The van der Waals surface area contributed by atoms with Crippen LogP contribution in [0.4, 0.5) is 5.69 Å². The summed E-state index contributed by atoms with van der Waals surface area (Å²) in [4.78, 5) is 15.2. The number of pyridine rings is 2. The third-order valence-corrected chi connectivity index (χ3v) is 3.19. The minimum absolute atomic E-state index is 0.466. The van der Waals surface area contributed by atoms with E-state index in [1.807, 2.05) is 44.1 Å². The highest BCUT2D eigenvalue weighted by atomic mass is 16.6. The van der Waals surface area contributed by atoms with Crippen LogP contribution < -0.4 is 0 Å². The molecule has 0 amide bonds. The zero-order valence-electron chi connectivity index (χ0n) is 12.7. The largest absolute Gasteiger partial charge is 0.369 e. The van der Waals surface area contributed by atoms with Crippen LogP contribution in [-0.2, 0) is 6.42 Å². The van der Waals surface area contributed by atoms with Crippen LogP contribution in [0.3, 0.4) is 0 Å². The topological polar surface area (TPSA) is 80.3 Å². The van der Waals surface area contributed by atoms with E-state index in [-0.39, 0.29) is 0 Å². The molecular weight excluding hydrogens is 280 g/mol. The van der Waals surface area contributed by atoms with Gasteiger partial charge in [0.15, 0.2) is 5.52 Å². The van der Waals surface area contributed by atoms with E-state index in [1.54, 1.807) is 12.5 Å². The molecule has 112 valence electrons. The second kappa shape index (κ2) is 5.88. The summed E-state index contributed by atoms with van der Waals surface area (Å²) in [7, 11) is 3.82. The van der Waals surface area contributed by atoms with E-state index < -0.39 is 0 Å². The van der Waals surface area contributed by atoms with E-state index in [0.717, 1.165) is 22.6 Å². The molecule has 3 aromatic rings. The van der Waals surface area contributed by atoms with Crippen LogP contribution in [-0.4, -0.2) is 45.6 Å². The number of aryl methyl sites for hydroxylation is 1. The zero-order chi connectivity index (χ0) is 15.5. The second-order valence-corrected chi connectivity index (χ2v) is 5.17. The highest BCUT2D eigenvalue weighted by molar-refractivity contribution is 5.87. The lowest BCUT2D eigenvalue weighted by Gasteiger charge is -2.09. The van der Waals surface area contributed by atoms with Crippen molar-refractivity contribution in [1.29, 1.82) is 0 Å². The van der Waals surface area contributed by atoms with Gasteiger partial charge in [-0.1, -0.05) is 6.07 Å². The minimum Gasteiger partial charge on any atom is -0.369 e. The average molecular weight is 296 g/mol. The standard InChI is InChI=1S/C15H16N6O/c1-10-12(8-11-6-4-5-7-16-11)13(17-9-21(2)3)14-15(18-10)20-22-19-14/h4-7,9H,8H2,1-3H3. The Labute approximate surface area is 127 Å². The van der Waals surface area contributed by atoms with Crippen LogP contribution in [0, 0.1) is 6.92 Å². The van der Waals surface area contributed by atoms with Gasteiger partial charge < -0.3 is 4.90 Å². The van der Waals surface area contributed by atoms with Gasteiger partial charge >= 0.3 is 0 Å². The average Bonchev–Trinajstić information content (AvgIpc) is 2.95. The normalized spacial score (nSPS) is 11.4. The smallest absolute Gasteiger partial charge is 0.226 e. The van der Waals surface area contributed by atoms with Crippen molar-refractivity contribution >= 4 is 23.2 Å². The first-order chi connectivity index (χ1) is 10.6. The summed E-state index contributed by atoms with van der Waals surface area (Å²) in [6.45, 7) is 1.93. The number of rotatable bonds is 4. The molecule has 0 aliphatic carbocycles.